The summed E-state index contributed by atoms with van der Waals surface area (Å²) in [5, 5.41) is 1.09. The summed E-state index contributed by atoms with van der Waals surface area (Å²) in [5.74, 6) is 0.590. The number of ether oxygens (including phenoxy) is 1. The van der Waals surface area contributed by atoms with Gasteiger partial charge in [0.25, 0.3) is 5.91 Å². The highest BCUT2D eigenvalue weighted by atomic mass is 32.2. The molecule has 2 amide bonds. The van der Waals surface area contributed by atoms with Crippen LogP contribution in [0.5, 0.6) is 5.75 Å². The molecule has 10 heteroatoms. The maximum atomic E-state index is 14.8. The average molecular weight is 661 g/mol. The van der Waals surface area contributed by atoms with Crippen LogP contribution in [0, 0.1) is 5.41 Å². The predicted octanol–water partition coefficient (Wildman–Crippen LogP) is 5.87. The van der Waals surface area contributed by atoms with Crippen molar-refractivity contribution in [2.45, 2.75) is 89.1 Å². The number of benzene rings is 2. The number of aromatic nitrogens is 1. The number of hydrogen-bond donors (Lipinski definition) is 1. The SMILES string of the molecule is CCS(=O)(=O)NC(=O)c1ccc2c(C3CCCCC3)c3n(c2c1)CC1(C(=O)N(C)C2CCCCN(C)C2)CC1c1cc(OC)ccc1-3. The number of sulfonamides is 1. The minimum absolute atomic E-state index is 0.0568. The van der Waals surface area contributed by atoms with Crippen LogP contribution in [0.4, 0.5) is 0 Å². The third-order valence-corrected chi connectivity index (χ3v) is 12.8. The van der Waals surface area contributed by atoms with Gasteiger partial charge in [-0.25, -0.2) is 13.1 Å². The van der Waals surface area contributed by atoms with Gasteiger partial charge in [0.2, 0.25) is 15.9 Å². The van der Waals surface area contributed by atoms with E-state index in [9.17, 15) is 18.0 Å². The molecule has 1 saturated heterocycles. The van der Waals surface area contributed by atoms with Crippen LogP contribution in [0.2, 0.25) is 0 Å². The van der Waals surface area contributed by atoms with Gasteiger partial charge >= 0.3 is 0 Å². The summed E-state index contributed by atoms with van der Waals surface area (Å²) in [6.07, 6.45) is 9.79. The Bertz CT molecular complexity index is 1830. The largest absolute Gasteiger partial charge is 0.497 e. The Morgan fingerprint density at radius 1 is 1.04 bits per heavy atom. The first-order chi connectivity index (χ1) is 22.6. The van der Waals surface area contributed by atoms with Crippen molar-refractivity contribution in [1.29, 1.82) is 0 Å². The number of carbonyl (C=O) groups excluding carboxylic acids is 2. The van der Waals surface area contributed by atoms with Gasteiger partial charge in [-0.2, -0.15) is 0 Å². The van der Waals surface area contributed by atoms with E-state index in [2.05, 4.69) is 33.4 Å². The minimum atomic E-state index is -3.72. The highest BCUT2D eigenvalue weighted by Gasteiger charge is 2.64. The molecule has 1 N–H and O–H groups in total. The first kappa shape index (κ1) is 32.2. The molecule has 47 heavy (non-hydrogen) atoms. The van der Waals surface area contributed by atoms with E-state index in [-0.39, 0.29) is 23.6 Å². The summed E-state index contributed by atoms with van der Waals surface area (Å²) in [6.45, 7) is 3.95. The van der Waals surface area contributed by atoms with Crippen molar-refractivity contribution in [3.63, 3.8) is 0 Å². The molecule has 2 aliphatic heterocycles. The number of likely N-dealkylation sites (tertiary alicyclic amines) is 1. The lowest BCUT2D eigenvalue weighted by Crippen LogP contribution is -2.47. The van der Waals surface area contributed by atoms with E-state index in [1.807, 2.05) is 30.1 Å². The van der Waals surface area contributed by atoms with Gasteiger partial charge in [0, 0.05) is 54.1 Å². The summed E-state index contributed by atoms with van der Waals surface area (Å²) >= 11 is 0. The first-order valence-electron chi connectivity index (χ1n) is 17.4. The Morgan fingerprint density at radius 3 is 2.55 bits per heavy atom. The lowest BCUT2D eigenvalue weighted by Gasteiger charge is -2.33. The Hall–Kier alpha value is -3.37. The van der Waals surface area contributed by atoms with E-state index >= 15 is 0 Å². The predicted molar refractivity (Wildman–Crippen MR) is 184 cm³/mol. The van der Waals surface area contributed by atoms with Crippen molar-refractivity contribution in [1.82, 2.24) is 19.1 Å². The van der Waals surface area contributed by atoms with Crippen LogP contribution in [-0.2, 0) is 21.4 Å². The highest BCUT2D eigenvalue weighted by Crippen LogP contribution is 2.66. The maximum Gasteiger partial charge on any atom is 0.264 e. The summed E-state index contributed by atoms with van der Waals surface area (Å²) in [5.41, 5.74) is 5.30. The molecule has 3 fully saturated rings. The molecule has 3 aromatic rings. The zero-order valence-corrected chi connectivity index (χ0v) is 29.0. The van der Waals surface area contributed by atoms with Crippen LogP contribution in [-0.4, -0.2) is 80.7 Å². The summed E-state index contributed by atoms with van der Waals surface area (Å²) in [6, 6.07) is 12.1. The zero-order chi connectivity index (χ0) is 33.1. The van der Waals surface area contributed by atoms with E-state index in [4.69, 9.17) is 4.74 Å². The third kappa shape index (κ3) is 5.65. The number of nitrogens with one attached hydrogen (secondary N) is 1. The standard InChI is InChI=1S/C37H48N4O5S/c1-5-47(44,45)38-35(42)25-14-16-29-32(19-25)41-23-37(36(43)40(3)26-13-9-10-18-39(2)22-26)21-31(37)30-20-27(46-4)15-17-28(30)34(41)33(29)24-11-7-6-8-12-24/h14-17,19-20,24,26,31H,5-13,18,21-23H2,1-4H3,(H,38,42). The first-order valence-corrected chi connectivity index (χ1v) is 19.1. The van der Waals surface area contributed by atoms with Gasteiger partial charge in [-0.3, -0.25) is 9.59 Å². The fourth-order valence-corrected chi connectivity index (χ4v) is 9.38. The molecule has 0 radical (unpaired) electrons. The molecule has 7 rings (SSSR count). The number of nitrogens with zero attached hydrogens (tertiary/aromatic N) is 3. The topological polar surface area (TPSA) is 101 Å². The van der Waals surface area contributed by atoms with E-state index in [0.29, 0.717) is 18.0 Å². The Labute approximate surface area is 278 Å². The summed E-state index contributed by atoms with van der Waals surface area (Å²) in [4.78, 5) is 32.5. The Kier molecular flexibility index (Phi) is 8.40. The second-order valence-electron chi connectivity index (χ2n) is 14.4. The molecule has 252 valence electrons. The minimum Gasteiger partial charge on any atom is -0.497 e. The molecule has 1 aromatic heterocycles. The van der Waals surface area contributed by atoms with Crippen LogP contribution in [0.15, 0.2) is 36.4 Å². The number of amides is 2. The lowest BCUT2D eigenvalue weighted by molar-refractivity contribution is -0.139. The number of fused-ring (bicyclic) bond motifs is 7. The summed E-state index contributed by atoms with van der Waals surface area (Å²) in [7, 11) is 2.11. The fraction of sp³-hybridized carbons (Fsp3) is 0.568. The number of carbonyl (C=O) groups is 2. The number of hydrogen-bond acceptors (Lipinski definition) is 6. The van der Waals surface area contributed by atoms with Crippen molar-refractivity contribution in [2.75, 3.05) is 40.0 Å². The molecule has 0 spiro atoms. The van der Waals surface area contributed by atoms with Gasteiger partial charge in [0.1, 0.15) is 5.75 Å². The van der Waals surface area contributed by atoms with Crippen molar-refractivity contribution < 1.29 is 22.7 Å². The quantitative estimate of drug-likeness (QED) is 0.340. The molecule has 3 unspecified atom stereocenters. The van der Waals surface area contributed by atoms with E-state index in [1.54, 1.807) is 13.2 Å². The smallest absolute Gasteiger partial charge is 0.264 e. The van der Waals surface area contributed by atoms with Gasteiger partial charge in [0.05, 0.1) is 24.0 Å². The van der Waals surface area contributed by atoms with Crippen molar-refractivity contribution >= 4 is 32.7 Å². The van der Waals surface area contributed by atoms with E-state index < -0.39 is 21.3 Å². The third-order valence-electron chi connectivity index (χ3n) is 11.6. The number of rotatable bonds is 7. The van der Waals surface area contributed by atoms with Crippen LogP contribution in [0.3, 0.4) is 0 Å². The molecule has 4 aliphatic rings. The summed E-state index contributed by atoms with van der Waals surface area (Å²) < 4.78 is 34.9. The molecule has 2 saturated carbocycles. The second kappa shape index (κ2) is 12.3. The van der Waals surface area contributed by atoms with Crippen LogP contribution in [0.25, 0.3) is 22.2 Å². The van der Waals surface area contributed by atoms with Gasteiger partial charge < -0.3 is 19.1 Å². The molecule has 2 aliphatic carbocycles. The van der Waals surface area contributed by atoms with Crippen LogP contribution >= 0.6 is 0 Å². The van der Waals surface area contributed by atoms with Crippen molar-refractivity contribution in [2.24, 2.45) is 5.41 Å². The number of likely N-dealkylation sites (N-methyl/N-ethyl adjacent to an activating group) is 2. The Balaban J connectivity index is 1.41. The van der Waals surface area contributed by atoms with Gasteiger partial charge in [-0.05, 0) is 100.0 Å². The van der Waals surface area contributed by atoms with E-state index in [0.717, 1.165) is 85.1 Å². The normalized spacial score (nSPS) is 24.8. The lowest BCUT2D eigenvalue weighted by atomic mass is 9.81. The van der Waals surface area contributed by atoms with Gasteiger partial charge in [0.15, 0.2) is 0 Å². The van der Waals surface area contributed by atoms with Crippen LogP contribution < -0.4 is 9.46 Å². The second-order valence-corrected chi connectivity index (χ2v) is 16.5. The van der Waals surface area contributed by atoms with Crippen molar-refractivity contribution in [3.8, 4) is 17.0 Å². The van der Waals surface area contributed by atoms with Crippen LogP contribution in [0.1, 0.15) is 98.0 Å². The molecule has 3 atom stereocenters. The van der Waals surface area contributed by atoms with E-state index in [1.165, 1.54) is 31.7 Å². The Morgan fingerprint density at radius 2 is 1.81 bits per heavy atom. The van der Waals surface area contributed by atoms with Gasteiger partial charge in [-0.1, -0.05) is 31.7 Å². The zero-order valence-electron chi connectivity index (χ0n) is 28.2. The highest BCUT2D eigenvalue weighted by molar-refractivity contribution is 7.90. The molecule has 3 heterocycles. The fourth-order valence-electron chi connectivity index (χ4n) is 8.83. The van der Waals surface area contributed by atoms with Crippen molar-refractivity contribution in [3.05, 3.63) is 53.1 Å². The maximum absolute atomic E-state index is 14.8. The molecular weight excluding hydrogens is 612 g/mol. The molecule has 0 bridgehead atoms. The number of methoxy groups -OCH3 is 1. The average Bonchev–Trinajstić information content (AvgIpc) is 3.80. The monoisotopic (exact) mass is 660 g/mol. The molecular formula is C37H48N4O5S. The molecule has 9 nitrogen and oxygen atoms in total. The molecule has 2 aromatic carbocycles. The van der Waals surface area contributed by atoms with Gasteiger partial charge in [-0.15, -0.1) is 0 Å².